The number of urea groups is 1. The number of benzene rings is 2. The average molecular weight is 382 g/mol. The topological polar surface area (TPSA) is 78.1 Å². The lowest BCUT2D eigenvalue weighted by molar-refractivity contribution is 0.171. The molecule has 3 heterocycles. The molecular formula is C21H22N2O5. The van der Waals surface area contributed by atoms with Crippen molar-refractivity contribution in [3.8, 4) is 23.0 Å². The summed E-state index contributed by atoms with van der Waals surface area (Å²) >= 11 is 0. The van der Waals surface area contributed by atoms with Gasteiger partial charge in [-0.15, -0.1) is 0 Å². The molecule has 0 aliphatic carbocycles. The molecule has 2 N–H and O–H groups in total. The zero-order chi connectivity index (χ0) is 18.9. The van der Waals surface area contributed by atoms with Gasteiger partial charge in [-0.1, -0.05) is 0 Å². The number of carbonyl (C=O) groups is 1. The lowest BCUT2D eigenvalue weighted by Crippen LogP contribution is -2.30. The quantitative estimate of drug-likeness (QED) is 0.850. The third-order valence-electron chi connectivity index (χ3n) is 5.22. The van der Waals surface area contributed by atoms with Gasteiger partial charge in [0.2, 0.25) is 0 Å². The van der Waals surface area contributed by atoms with Gasteiger partial charge in [-0.2, -0.15) is 0 Å². The third-order valence-corrected chi connectivity index (χ3v) is 5.22. The minimum atomic E-state index is -0.252. The molecule has 0 bridgehead atoms. The van der Waals surface area contributed by atoms with Crippen LogP contribution in [0.3, 0.4) is 0 Å². The summed E-state index contributed by atoms with van der Waals surface area (Å²) in [7, 11) is 0. The number of anilines is 1. The molecular weight excluding hydrogens is 360 g/mol. The van der Waals surface area contributed by atoms with Crippen LogP contribution < -0.4 is 29.6 Å². The van der Waals surface area contributed by atoms with Gasteiger partial charge in [-0.3, -0.25) is 0 Å². The maximum Gasteiger partial charge on any atom is 0.319 e. The van der Waals surface area contributed by atoms with Gasteiger partial charge in [0.1, 0.15) is 24.7 Å². The van der Waals surface area contributed by atoms with Gasteiger partial charge in [0.25, 0.3) is 0 Å². The van der Waals surface area contributed by atoms with Crippen LogP contribution in [0.4, 0.5) is 10.5 Å². The highest BCUT2D eigenvalue weighted by Gasteiger charge is 2.26. The maximum absolute atomic E-state index is 12.3. The molecule has 0 radical (unpaired) electrons. The normalized spacial score (nSPS) is 15.9. The fourth-order valence-corrected chi connectivity index (χ4v) is 3.95. The second kappa shape index (κ2) is 7.14. The monoisotopic (exact) mass is 382 g/mol. The summed E-state index contributed by atoms with van der Waals surface area (Å²) < 4.78 is 22.6. The van der Waals surface area contributed by atoms with Crippen molar-refractivity contribution in [3.63, 3.8) is 0 Å². The van der Waals surface area contributed by atoms with Gasteiger partial charge in [-0.05, 0) is 24.6 Å². The molecule has 0 saturated heterocycles. The number of hydrogen-bond acceptors (Lipinski definition) is 5. The summed E-state index contributed by atoms with van der Waals surface area (Å²) in [6.07, 6.45) is 2.52. The number of amides is 2. The van der Waals surface area contributed by atoms with E-state index >= 15 is 0 Å². The van der Waals surface area contributed by atoms with Gasteiger partial charge >= 0.3 is 6.03 Å². The largest absolute Gasteiger partial charge is 0.493 e. The Labute approximate surface area is 162 Å². The Hall–Kier alpha value is -3.09. The first kappa shape index (κ1) is 17.0. The standard InChI is InChI=1S/C21H22N2O5/c24-21(23-14-1-2-17-19(12-14)27-10-9-26-17)22-6-3-16-15-5-8-25-18(15)11-13-4-7-28-20(13)16/h1-2,11-12H,3-10H2,(H2,22,23,24). The summed E-state index contributed by atoms with van der Waals surface area (Å²) in [5.41, 5.74) is 4.26. The van der Waals surface area contributed by atoms with Crippen LogP contribution in [-0.2, 0) is 19.3 Å². The third kappa shape index (κ3) is 3.17. The van der Waals surface area contributed by atoms with Crippen LogP contribution in [0.5, 0.6) is 23.0 Å². The van der Waals surface area contributed by atoms with Crippen LogP contribution >= 0.6 is 0 Å². The summed E-state index contributed by atoms with van der Waals surface area (Å²) in [6, 6.07) is 7.23. The van der Waals surface area contributed by atoms with Crippen molar-refractivity contribution in [2.24, 2.45) is 0 Å². The Morgan fingerprint density at radius 1 is 0.893 bits per heavy atom. The fraction of sp³-hybridized carbons (Fsp3) is 0.381. The Bertz CT molecular complexity index is 895. The summed E-state index contributed by atoms with van der Waals surface area (Å²) in [4.78, 5) is 12.3. The molecule has 5 rings (SSSR count). The molecule has 3 aliphatic heterocycles. The zero-order valence-electron chi connectivity index (χ0n) is 15.5. The van der Waals surface area contributed by atoms with Crippen molar-refractivity contribution in [2.75, 3.05) is 38.3 Å². The van der Waals surface area contributed by atoms with Crippen molar-refractivity contribution < 1.29 is 23.7 Å². The first-order valence-corrected chi connectivity index (χ1v) is 9.65. The lowest BCUT2D eigenvalue weighted by Gasteiger charge is -2.19. The summed E-state index contributed by atoms with van der Waals surface area (Å²) in [6.45, 7) is 3.00. The molecule has 2 aromatic rings. The Balaban J connectivity index is 1.22. The van der Waals surface area contributed by atoms with E-state index in [0.29, 0.717) is 56.6 Å². The second-order valence-electron chi connectivity index (χ2n) is 7.01. The molecule has 7 nitrogen and oxygen atoms in total. The smallest absolute Gasteiger partial charge is 0.319 e. The van der Waals surface area contributed by atoms with Crippen molar-refractivity contribution >= 4 is 11.7 Å². The molecule has 3 aliphatic rings. The summed E-state index contributed by atoms with van der Waals surface area (Å²) in [5.74, 6) is 3.31. The van der Waals surface area contributed by atoms with Crippen LogP contribution in [0.2, 0.25) is 0 Å². The number of ether oxygens (including phenoxy) is 4. The molecule has 2 aromatic carbocycles. The molecule has 0 atom stereocenters. The number of hydrogen-bond donors (Lipinski definition) is 2. The highest BCUT2D eigenvalue weighted by molar-refractivity contribution is 5.89. The van der Waals surface area contributed by atoms with Crippen LogP contribution in [0.15, 0.2) is 24.3 Å². The fourth-order valence-electron chi connectivity index (χ4n) is 3.95. The van der Waals surface area contributed by atoms with E-state index in [1.165, 1.54) is 16.7 Å². The summed E-state index contributed by atoms with van der Waals surface area (Å²) in [5, 5.41) is 5.76. The first-order valence-electron chi connectivity index (χ1n) is 9.65. The van der Waals surface area contributed by atoms with E-state index < -0.39 is 0 Å². The van der Waals surface area contributed by atoms with E-state index in [1.807, 2.05) is 0 Å². The first-order chi connectivity index (χ1) is 13.8. The van der Waals surface area contributed by atoms with Crippen molar-refractivity contribution in [1.29, 1.82) is 0 Å². The van der Waals surface area contributed by atoms with E-state index in [-0.39, 0.29) is 6.03 Å². The van der Waals surface area contributed by atoms with Crippen LogP contribution in [0.25, 0.3) is 0 Å². The molecule has 7 heteroatoms. The molecule has 0 spiro atoms. The van der Waals surface area contributed by atoms with Crippen LogP contribution in [0, 0.1) is 0 Å². The van der Waals surface area contributed by atoms with Crippen molar-refractivity contribution in [1.82, 2.24) is 5.32 Å². The number of fused-ring (bicyclic) bond motifs is 3. The van der Waals surface area contributed by atoms with Gasteiger partial charge in [0.15, 0.2) is 11.5 Å². The Kier molecular flexibility index (Phi) is 4.35. The second-order valence-corrected chi connectivity index (χ2v) is 7.01. The highest BCUT2D eigenvalue weighted by atomic mass is 16.6. The van der Waals surface area contributed by atoms with Crippen molar-refractivity contribution in [2.45, 2.75) is 19.3 Å². The number of rotatable bonds is 4. The van der Waals surface area contributed by atoms with Crippen LogP contribution in [0.1, 0.15) is 16.7 Å². The Morgan fingerprint density at radius 3 is 2.64 bits per heavy atom. The minimum Gasteiger partial charge on any atom is -0.493 e. The molecule has 146 valence electrons. The number of carbonyl (C=O) groups excluding carboxylic acids is 1. The minimum absolute atomic E-state index is 0.252. The SMILES string of the molecule is O=C(NCCc1c2c(cc3c1OCC3)OCC2)Nc1ccc2c(c1)OCCO2. The average Bonchev–Trinajstić information content (AvgIpc) is 3.36. The highest BCUT2D eigenvalue weighted by Crippen LogP contribution is 2.40. The molecule has 0 unspecified atom stereocenters. The van der Waals surface area contributed by atoms with E-state index in [2.05, 4.69) is 16.7 Å². The van der Waals surface area contributed by atoms with Gasteiger partial charge in [0, 0.05) is 47.8 Å². The molecule has 0 saturated carbocycles. The number of nitrogens with one attached hydrogen (secondary N) is 2. The molecule has 2 amide bonds. The molecule has 0 fully saturated rings. The Morgan fingerprint density at radius 2 is 1.71 bits per heavy atom. The lowest BCUT2D eigenvalue weighted by atomic mass is 9.97. The van der Waals surface area contributed by atoms with Gasteiger partial charge in [0.05, 0.1) is 13.2 Å². The van der Waals surface area contributed by atoms with E-state index in [4.69, 9.17) is 18.9 Å². The van der Waals surface area contributed by atoms with Crippen molar-refractivity contribution in [3.05, 3.63) is 41.0 Å². The molecule has 0 aromatic heterocycles. The van der Waals surface area contributed by atoms with E-state index in [0.717, 1.165) is 24.3 Å². The maximum atomic E-state index is 12.3. The zero-order valence-corrected chi connectivity index (χ0v) is 15.5. The van der Waals surface area contributed by atoms with Gasteiger partial charge in [-0.25, -0.2) is 4.79 Å². The predicted octanol–water partition coefficient (Wildman–Crippen LogP) is 2.69. The molecule has 28 heavy (non-hydrogen) atoms. The predicted molar refractivity (Wildman–Crippen MR) is 103 cm³/mol. The van der Waals surface area contributed by atoms with E-state index in [1.54, 1.807) is 18.2 Å². The van der Waals surface area contributed by atoms with Crippen LogP contribution in [-0.4, -0.2) is 39.0 Å². The van der Waals surface area contributed by atoms with E-state index in [9.17, 15) is 4.79 Å². The van der Waals surface area contributed by atoms with Gasteiger partial charge < -0.3 is 29.6 Å².